The Kier molecular flexibility index (Phi) is 6.24. The summed E-state index contributed by atoms with van der Waals surface area (Å²) in [7, 11) is 0. The van der Waals surface area contributed by atoms with E-state index in [1.165, 1.54) is 12.8 Å². The summed E-state index contributed by atoms with van der Waals surface area (Å²) >= 11 is 0. The smallest absolute Gasteiger partial charge is 0.237 e. The van der Waals surface area contributed by atoms with Crippen molar-refractivity contribution in [1.82, 2.24) is 9.80 Å². The quantitative estimate of drug-likeness (QED) is 0.861. The summed E-state index contributed by atoms with van der Waals surface area (Å²) in [5.41, 5.74) is 1.16. The third kappa shape index (κ3) is 4.35. The Balaban J connectivity index is 1.62. The number of carbonyl (C=O) groups excluding carboxylic acids is 1. The van der Waals surface area contributed by atoms with E-state index in [4.69, 9.17) is 4.74 Å². The van der Waals surface area contributed by atoms with Crippen molar-refractivity contribution >= 4 is 5.91 Å². The average molecular weight is 332 g/mol. The molecule has 0 spiro atoms. The molecule has 0 aromatic heterocycles. The topological polar surface area (TPSA) is 53.0 Å². The van der Waals surface area contributed by atoms with Crippen LogP contribution in [0, 0.1) is 0 Å². The molecule has 1 amide bonds. The van der Waals surface area contributed by atoms with E-state index < -0.39 is 0 Å². The molecular formula is C19H28N2O3. The van der Waals surface area contributed by atoms with Crippen molar-refractivity contribution in [2.75, 3.05) is 32.8 Å². The zero-order valence-electron chi connectivity index (χ0n) is 14.3. The van der Waals surface area contributed by atoms with Crippen LogP contribution in [-0.2, 0) is 16.1 Å². The molecule has 1 aliphatic heterocycles. The van der Waals surface area contributed by atoms with Gasteiger partial charge in [-0.1, -0.05) is 43.2 Å². The van der Waals surface area contributed by atoms with Crippen LogP contribution >= 0.6 is 0 Å². The number of benzene rings is 1. The molecule has 2 aliphatic rings. The lowest BCUT2D eigenvalue weighted by Gasteiger charge is -2.44. The molecular weight excluding hydrogens is 304 g/mol. The minimum Gasteiger partial charge on any atom is -0.395 e. The number of morpholine rings is 1. The highest BCUT2D eigenvalue weighted by Gasteiger charge is 2.36. The van der Waals surface area contributed by atoms with Crippen molar-refractivity contribution in [3.8, 4) is 0 Å². The molecule has 1 aliphatic carbocycles. The van der Waals surface area contributed by atoms with Gasteiger partial charge < -0.3 is 14.7 Å². The van der Waals surface area contributed by atoms with Crippen LogP contribution in [0.4, 0.5) is 0 Å². The fourth-order valence-electron chi connectivity index (χ4n) is 3.89. The molecule has 3 rings (SSSR count). The van der Waals surface area contributed by atoms with Gasteiger partial charge in [0.2, 0.25) is 5.91 Å². The summed E-state index contributed by atoms with van der Waals surface area (Å²) in [5, 5.41) is 9.34. The highest BCUT2D eigenvalue weighted by atomic mass is 16.5. The number of carbonyl (C=O) groups is 1. The number of ether oxygens (including phenoxy) is 1. The van der Waals surface area contributed by atoms with Crippen molar-refractivity contribution in [3.63, 3.8) is 0 Å². The molecule has 2 atom stereocenters. The molecule has 1 aromatic carbocycles. The van der Waals surface area contributed by atoms with Crippen LogP contribution in [0.15, 0.2) is 30.3 Å². The zero-order chi connectivity index (χ0) is 16.8. The molecule has 1 heterocycles. The van der Waals surface area contributed by atoms with Crippen LogP contribution in [0.5, 0.6) is 0 Å². The van der Waals surface area contributed by atoms with E-state index in [1.807, 2.05) is 28.0 Å². The Bertz CT molecular complexity index is 521. The molecule has 0 unspecified atom stereocenters. The number of rotatable bonds is 6. The molecule has 0 bridgehead atoms. The van der Waals surface area contributed by atoms with Gasteiger partial charge in [-0.25, -0.2) is 0 Å². The second kappa shape index (κ2) is 8.60. The SMILES string of the molecule is O=C(CN(CCO)Cc1ccccc1)N1CCO[C@@H]2CCCC[C@H]21. The maximum absolute atomic E-state index is 12.9. The Morgan fingerprint density at radius 2 is 2.04 bits per heavy atom. The maximum Gasteiger partial charge on any atom is 0.237 e. The number of hydrogen-bond donors (Lipinski definition) is 1. The molecule has 1 saturated carbocycles. The molecule has 24 heavy (non-hydrogen) atoms. The fraction of sp³-hybridized carbons (Fsp3) is 0.632. The lowest BCUT2D eigenvalue weighted by atomic mass is 9.90. The minimum atomic E-state index is 0.0648. The van der Waals surface area contributed by atoms with Crippen LogP contribution in [0.25, 0.3) is 0 Å². The minimum absolute atomic E-state index is 0.0648. The van der Waals surface area contributed by atoms with E-state index >= 15 is 0 Å². The first-order valence-corrected chi connectivity index (χ1v) is 9.06. The normalized spacial score (nSPS) is 24.0. The summed E-state index contributed by atoms with van der Waals surface area (Å²) in [6, 6.07) is 10.3. The number of amides is 1. The molecule has 1 saturated heterocycles. The predicted molar refractivity (Wildman–Crippen MR) is 92.5 cm³/mol. The van der Waals surface area contributed by atoms with Gasteiger partial charge in [0, 0.05) is 19.6 Å². The molecule has 5 nitrogen and oxygen atoms in total. The second-order valence-electron chi connectivity index (χ2n) is 6.77. The third-order valence-electron chi connectivity index (χ3n) is 5.08. The number of fused-ring (bicyclic) bond motifs is 1. The van der Waals surface area contributed by atoms with Crippen LogP contribution in [0.3, 0.4) is 0 Å². The van der Waals surface area contributed by atoms with E-state index in [1.54, 1.807) is 0 Å². The molecule has 0 radical (unpaired) electrons. The Morgan fingerprint density at radius 3 is 2.83 bits per heavy atom. The highest BCUT2D eigenvalue weighted by Crippen LogP contribution is 2.28. The first kappa shape index (κ1) is 17.4. The monoisotopic (exact) mass is 332 g/mol. The lowest BCUT2D eigenvalue weighted by Crippen LogP contribution is -2.56. The van der Waals surface area contributed by atoms with Gasteiger partial charge in [-0.3, -0.25) is 9.69 Å². The Labute approximate surface area is 144 Å². The third-order valence-corrected chi connectivity index (χ3v) is 5.08. The lowest BCUT2D eigenvalue weighted by molar-refractivity contribution is -0.150. The average Bonchev–Trinajstić information content (AvgIpc) is 2.62. The highest BCUT2D eigenvalue weighted by molar-refractivity contribution is 5.78. The zero-order valence-corrected chi connectivity index (χ0v) is 14.3. The van der Waals surface area contributed by atoms with Crippen molar-refractivity contribution < 1.29 is 14.6 Å². The largest absolute Gasteiger partial charge is 0.395 e. The second-order valence-corrected chi connectivity index (χ2v) is 6.77. The van der Waals surface area contributed by atoms with E-state index in [0.29, 0.717) is 32.8 Å². The summed E-state index contributed by atoms with van der Waals surface area (Å²) in [4.78, 5) is 16.9. The van der Waals surface area contributed by atoms with Gasteiger partial charge in [0.15, 0.2) is 0 Å². The number of aliphatic hydroxyl groups is 1. The van der Waals surface area contributed by atoms with Gasteiger partial charge in [0.25, 0.3) is 0 Å². The summed E-state index contributed by atoms with van der Waals surface area (Å²) < 4.78 is 5.86. The number of nitrogens with zero attached hydrogens (tertiary/aromatic N) is 2. The molecule has 132 valence electrons. The Morgan fingerprint density at radius 1 is 1.25 bits per heavy atom. The van der Waals surface area contributed by atoms with Gasteiger partial charge >= 0.3 is 0 Å². The van der Waals surface area contributed by atoms with Gasteiger partial charge in [-0.05, 0) is 18.4 Å². The fourth-order valence-corrected chi connectivity index (χ4v) is 3.89. The van der Waals surface area contributed by atoms with Crippen LogP contribution in [0.1, 0.15) is 31.2 Å². The summed E-state index contributed by atoms with van der Waals surface area (Å²) in [6.07, 6.45) is 4.72. The van der Waals surface area contributed by atoms with Crippen LogP contribution < -0.4 is 0 Å². The Hall–Kier alpha value is -1.43. The van der Waals surface area contributed by atoms with Crippen molar-refractivity contribution in [1.29, 1.82) is 0 Å². The van der Waals surface area contributed by atoms with Gasteiger partial charge in [0.1, 0.15) is 0 Å². The van der Waals surface area contributed by atoms with Crippen LogP contribution in [0.2, 0.25) is 0 Å². The van der Waals surface area contributed by atoms with E-state index in [2.05, 4.69) is 12.1 Å². The van der Waals surface area contributed by atoms with E-state index in [9.17, 15) is 9.90 Å². The first-order chi connectivity index (χ1) is 11.8. The van der Waals surface area contributed by atoms with Crippen LogP contribution in [-0.4, -0.2) is 65.8 Å². The number of hydrogen-bond acceptors (Lipinski definition) is 4. The first-order valence-electron chi connectivity index (χ1n) is 9.06. The summed E-state index contributed by atoms with van der Waals surface area (Å²) in [6.45, 7) is 2.96. The van der Waals surface area contributed by atoms with Gasteiger partial charge in [-0.15, -0.1) is 0 Å². The molecule has 1 N–H and O–H groups in total. The van der Waals surface area contributed by atoms with Crippen molar-refractivity contribution in [2.24, 2.45) is 0 Å². The van der Waals surface area contributed by atoms with E-state index in [0.717, 1.165) is 18.4 Å². The van der Waals surface area contributed by atoms with Crippen molar-refractivity contribution in [3.05, 3.63) is 35.9 Å². The van der Waals surface area contributed by atoms with Crippen molar-refractivity contribution in [2.45, 2.75) is 44.4 Å². The van der Waals surface area contributed by atoms with E-state index in [-0.39, 0.29) is 24.7 Å². The molecule has 1 aromatic rings. The predicted octanol–water partition coefficient (Wildman–Crippen LogP) is 1.65. The molecule has 2 fully saturated rings. The maximum atomic E-state index is 12.9. The molecule has 5 heteroatoms. The van der Waals surface area contributed by atoms with Gasteiger partial charge in [0.05, 0.1) is 31.9 Å². The number of aliphatic hydroxyl groups excluding tert-OH is 1. The standard InChI is InChI=1S/C19H28N2O3/c22-12-10-20(14-16-6-2-1-3-7-16)15-19(23)21-11-13-24-18-9-5-4-8-17(18)21/h1-3,6-7,17-18,22H,4-5,8-15H2/t17-,18-/m1/s1. The summed E-state index contributed by atoms with van der Waals surface area (Å²) in [5.74, 6) is 0.166. The van der Waals surface area contributed by atoms with Gasteiger partial charge in [-0.2, -0.15) is 0 Å².